The fourth-order valence-electron chi connectivity index (χ4n) is 4.02. The highest BCUT2D eigenvalue weighted by atomic mass is 15.2. The maximum atomic E-state index is 4.98. The molecule has 0 aromatic carbocycles. The maximum Gasteiger partial charge on any atom is 0.160 e. The molecule has 2 fully saturated rings. The third-order valence-corrected chi connectivity index (χ3v) is 5.10. The van der Waals surface area contributed by atoms with Gasteiger partial charge in [-0.3, -0.25) is 0 Å². The van der Waals surface area contributed by atoms with Crippen LogP contribution < -0.4 is 5.32 Å². The molecule has 0 radical (unpaired) electrons. The van der Waals surface area contributed by atoms with Gasteiger partial charge >= 0.3 is 0 Å². The zero-order chi connectivity index (χ0) is 14.9. The third-order valence-electron chi connectivity index (χ3n) is 5.10. The summed E-state index contributed by atoms with van der Waals surface area (Å²) in [5, 5.41) is 3.53. The number of nitrogens with one attached hydrogen (secondary N) is 1. The van der Waals surface area contributed by atoms with Gasteiger partial charge in [-0.1, -0.05) is 0 Å². The number of likely N-dealkylation sites (N-methyl/N-ethyl adjacent to an activating group) is 1. The molecule has 118 valence electrons. The normalized spacial score (nSPS) is 27.3. The van der Waals surface area contributed by atoms with Crippen molar-refractivity contribution in [3.8, 4) is 0 Å². The van der Waals surface area contributed by atoms with Gasteiger partial charge in [0.25, 0.3) is 0 Å². The van der Waals surface area contributed by atoms with E-state index in [0.29, 0.717) is 12.0 Å². The van der Waals surface area contributed by atoms with Crippen LogP contribution in [-0.4, -0.2) is 52.7 Å². The topological polar surface area (TPSA) is 46.0 Å². The van der Waals surface area contributed by atoms with E-state index in [2.05, 4.69) is 32.9 Å². The Hall–Kier alpha value is -1.46. The summed E-state index contributed by atoms with van der Waals surface area (Å²) in [6, 6.07) is 4.61. The first kappa shape index (κ1) is 14.2. The number of nitrogens with zero attached hydrogens (tertiary/aromatic N) is 4. The predicted molar refractivity (Wildman–Crippen MR) is 88.1 cm³/mol. The van der Waals surface area contributed by atoms with Crippen LogP contribution in [0.25, 0.3) is 11.2 Å². The second-order valence-corrected chi connectivity index (χ2v) is 6.79. The molecule has 2 saturated heterocycles. The number of aromatic nitrogens is 3. The fourth-order valence-corrected chi connectivity index (χ4v) is 4.02. The Morgan fingerprint density at radius 1 is 1.27 bits per heavy atom. The Bertz CT molecular complexity index is 644. The second-order valence-electron chi connectivity index (χ2n) is 6.79. The van der Waals surface area contributed by atoms with Crippen LogP contribution in [-0.2, 0) is 0 Å². The smallest absolute Gasteiger partial charge is 0.160 e. The molecule has 2 aromatic rings. The lowest BCUT2D eigenvalue weighted by Crippen LogP contribution is -2.36. The van der Waals surface area contributed by atoms with Gasteiger partial charge in [0.15, 0.2) is 5.65 Å². The molecule has 5 heteroatoms. The number of rotatable bonds is 2. The first-order valence-corrected chi connectivity index (χ1v) is 8.55. The Kier molecular flexibility index (Phi) is 3.84. The maximum absolute atomic E-state index is 4.98. The first-order chi connectivity index (χ1) is 10.8. The van der Waals surface area contributed by atoms with Gasteiger partial charge in [-0.2, -0.15) is 0 Å². The summed E-state index contributed by atoms with van der Waals surface area (Å²) >= 11 is 0. The largest absolute Gasteiger partial charge is 0.316 e. The van der Waals surface area contributed by atoms with Gasteiger partial charge in [-0.05, 0) is 58.0 Å². The van der Waals surface area contributed by atoms with E-state index in [-0.39, 0.29) is 0 Å². The number of pyridine rings is 1. The molecular formula is C17H25N5. The molecule has 22 heavy (non-hydrogen) atoms. The van der Waals surface area contributed by atoms with Gasteiger partial charge in [-0.25, -0.2) is 9.97 Å². The van der Waals surface area contributed by atoms with Crippen molar-refractivity contribution in [3.63, 3.8) is 0 Å². The minimum absolute atomic E-state index is 0.510. The average Bonchev–Trinajstić information content (AvgIpc) is 2.95. The first-order valence-electron chi connectivity index (χ1n) is 8.55. The molecule has 2 atom stereocenters. The van der Waals surface area contributed by atoms with Crippen molar-refractivity contribution in [1.29, 1.82) is 0 Å². The molecule has 0 saturated carbocycles. The van der Waals surface area contributed by atoms with E-state index >= 15 is 0 Å². The standard InChI is InChI=1S/C17H25N5/c1-21-10-4-6-14(12-21)22-16(13-5-2-8-18-11-13)20-15-7-3-9-19-17(15)22/h3,7,9,13-14,18H,2,4-6,8,10-12H2,1H3. The highest BCUT2D eigenvalue weighted by Gasteiger charge is 2.28. The number of likely N-dealkylation sites (tertiary alicyclic amines) is 1. The zero-order valence-corrected chi connectivity index (χ0v) is 13.3. The minimum atomic E-state index is 0.510. The Balaban J connectivity index is 1.78. The summed E-state index contributed by atoms with van der Waals surface area (Å²) in [7, 11) is 2.22. The van der Waals surface area contributed by atoms with E-state index in [4.69, 9.17) is 4.98 Å². The van der Waals surface area contributed by atoms with Gasteiger partial charge in [0.05, 0.1) is 0 Å². The molecule has 0 aliphatic carbocycles. The van der Waals surface area contributed by atoms with Crippen LogP contribution in [0.5, 0.6) is 0 Å². The molecule has 0 amide bonds. The van der Waals surface area contributed by atoms with Crippen LogP contribution in [0.2, 0.25) is 0 Å². The van der Waals surface area contributed by atoms with Gasteiger partial charge in [-0.15, -0.1) is 0 Å². The van der Waals surface area contributed by atoms with Crippen LogP contribution in [0.4, 0.5) is 0 Å². The summed E-state index contributed by atoms with van der Waals surface area (Å²) in [5.74, 6) is 1.77. The number of hydrogen-bond acceptors (Lipinski definition) is 4. The number of imidazole rings is 1. The lowest BCUT2D eigenvalue weighted by atomic mass is 9.97. The molecule has 2 aliphatic heterocycles. The van der Waals surface area contributed by atoms with E-state index in [9.17, 15) is 0 Å². The Labute approximate surface area is 131 Å². The molecule has 4 rings (SSSR count). The van der Waals surface area contributed by atoms with E-state index in [1.165, 1.54) is 38.1 Å². The number of fused-ring (bicyclic) bond motifs is 1. The van der Waals surface area contributed by atoms with Crippen molar-refractivity contribution in [1.82, 2.24) is 24.8 Å². The van der Waals surface area contributed by atoms with Crippen LogP contribution in [0.3, 0.4) is 0 Å². The third kappa shape index (κ3) is 2.52. The molecule has 4 heterocycles. The van der Waals surface area contributed by atoms with Crippen LogP contribution in [0.15, 0.2) is 18.3 Å². The zero-order valence-electron chi connectivity index (χ0n) is 13.3. The second kappa shape index (κ2) is 5.97. The summed E-state index contributed by atoms with van der Waals surface area (Å²) in [6.45, 7) is 4.50. The average molecular weight is 299 g/mol. The van der Waals surface area contributed by atoms with Gasteiger partial charge in [0.2, 0.25) is 0 Å². The summed E-state index contributed by atoms with van der Waals surface area (Å²) in [4.78, 5) is 12.1. The highest BCUT2D eigenvalue weighted by Crippen LogP contribution is 2.32. The van der Waals surface area contributed by atoms with Crippen molar-refractivity contribution < 1.29 is 0 Å². The number of piperidine rings is 2. The number of hydrogen-bond donors (Lipinski definition) is 1. The quantitative estimate of drug-likeness (QED) is 0.923. The molecular weight excluding hydrogens is 274 g/mol. The van der Waals surface area contributed by atoms with Crippen LogP contribution >= 0.6 is 0 Å². The minimum Gasteiger partial charge on any atom is -0.316 e. The lowest BCUT2D eigenvalue weighted by Gasteiger charge is -2.33. The summed E-state index contributed by atoms with van der Waals surface area (Å²) < 4.78 is 2.46. The summed E-state index contributed by atoms with van der Waals surface area (Å²) in [5.41, 5.74) is 2.12. The van der Waals surface area contributed by atoms with E-state index in [1.807, 2.05) is 12.3 Å². The van der Waals surface area contributed by atoms with Gasteiger partial charge in [0, 0.05) is 31.2 Å². The van der Waals surface area contributed by atoms with Crippen LogP contribution in [0.1, 0.15) is 43.5 Å². The van der Waals surface area contributed by atoms with Crippen molar-refractivity contribution in [2.75, 3.05) is 33.2 Å². The molecule has 0 bridgehead atoms. The van der Waals surface area contributed by atoms with E-state index in [0.717, 1.165) is 30.8 Å². The Morgan fingerprint density at radius 3 is 3.05 bits per heavy atom. The SMILES string of the molecule is CN1CCCC(n2c(C3CCCNC3)nc3cccnc32)C1. The molecule has 1 N–H and O–H groups in total. The highest BCUT2D eigenvalue weighted by molar-refractivity contribution is 5.71. The molecule has 2 aliphatic rings. The van der Waals surface area contributed by atoms with Crippen LogP contribution in [0, 0.1) is 0 Å². The summed E-state index contributed by atoms with van der Waals surface area (Å²) in [6.07, 6.45) is 6.87. The van der Waals surface area contributed by atoms with E-state index in [1.54, 1.807) is 0 Å². The molecule has 2 unspecified atom stereocenters. The molecule has 0 spiro atoms. The van der Waals surface area contributed by atoms with Crippen molar-refractivity contribution in [2.45, 2.75) is 37.6 Å². The van der Waals surface area contributed by atoms with E-state index < -0.39 is 0 Å². The lowest BCUT2D eigenvalue weighted by molar-refractivity contribution is 0.209. The predicted octanol–water partition coefficient (Wildman–Crippen LogP) is 2.17. The van der Waals surface area contributed by atoms with Crippen molar-refractivity contribution >= 4 is 11.2 Å². The Morgan fingerprint density at radius 2 is 2.23 bits per heavy atom. The molecule has 2 aromatic heterocycles. The monoisotopic (exact) mass is 299 g/mol. The van der Waals surface area contributed by atoms with Gasteiger partial charge < -0.3 is 14.8 Å². The van der Waals surface area contributed by atoms with Crippen molar-refractivity contribution in [2.24, 2.45) is 0 Å². The molecule has 5 nitrogen and oxygen atoms in total. The fraction of sp³-hybridized carbons (Fsp3) is 0.647. The van der Waals surface area contributed by atoms with Gasteiger partial charge in [0.1, 0.15) is 11.3 Å². The van der Waals surface area contributed by atoms with Crippen molar-refractivity contribution in [3.05, 3.63) is 24.2 Å².